The average Bonchev–Trinajstić information content (AvgIpc) is 2.41. The van der Waals surface area contributed by atoms with Crippen LogP contribution >= 0.6 is 0 Å². The maximum atomic E-state index is 14.0. The third-order valence-corrected chi connectivity index (χ3v) is 3.64. The van der Waals surface area contributed by atoms with E-state index in [9.17, 15) is 8.78 Å². The molecule has 0 radical (unpaired) electrons. The highest BCUT2D eigenvalue weighted by molar-refractivity contribution is 5.28. The first-order valence-corrected chi connectivity index (χ1v) is 6.54. The highest BCUT2D eigenvalue weighted by Crippen LogP contribution is 2.28. The van der Waals surface area contributed by atoms with Crippen molar-refractivity contribution >= 4 is 0 Å². The van der Waals surface area contributed by atoms with Gasteiger partial charge >= 0.3 is 0 Å². The van der Waals surface area contributed by atoms with Gasteiger partial charge in [-0.3, -0.25) is 4.90 Å². The van der Waals surface area contributed by atoms with Crippen molar-refractivity contribution < 1.29 is 8.78 Å². The quantitative estimate of drug-likeness (QED) is 0.892. The van der Waals surface area contributed by atoms with E-state index in [1.807, 2.05) is 6.92 Å². The van der Waals surface area contributed by atoms with Gasteiger partial charge in [-0.05, 0) is 18.9 Å². The van der Waals surface area contributed by atoms with Crippen molar-refractivity contribution in [3.05, 3.63) is 34.9 Å². The molecular formula is C14H20F2N2. The van der Waals surface area contributed by atoms with E-state index in [0.717, 1.165) is 32.6 Å². The number of halogens is 2. The van der Waals surface area contributed by atoms with Gasteiger partial charge in [0.05, 0.1) is 0 Å². The maximum absolute atomic E-state index is 14.0. The SMILES string of the molecule is CC[C@H](c1ccc(C)c(F)c1F)N1CCNCC1. The van der Waals surface area contributed by atoms with Crippen LogP contribution in [-0.2, 0) is 0 Å². The molecular weight excluding hydrogens is 234 g/mol. The van der Waals surface area contributed by atoms with Crippen LogP contribution < -0.4 is 5.32 Å². The fourth-order valence-electron chi connectivity index (χ4n) is 2.59. The number of hydrogen-bond acceptors (Lipinski definition) is 2. The van der Waals surface area contributed by atoms with Crippen LogP contribution in [0.3, 0.4) is 0 Å². The molecule has 0 amide bonds. The molecule has 0 aromatic heterocycles. The zero-order valence-electron chi connectivity index (χ0n) is 11.0. The minimum absolute atomic E-state index is 0.0257. The molecule has 1 N–H and O–H groups in total. The van der Waals surface area contributed by atoms with E-state index in [4.69, 9.17) is 0 Å². The lowest BCUT2D eigenvalue weighted by atomic mass is 9.99. The van der Waals surface area contributed by atoms with Crippen molar-refractivity contribution in [3.8, 4) is 0 Å². The lowest BCUT2D eigenvalue weighted by molar-refractivity contribution is 0.165. The summed E-state index contributed by atoms with van der Waals surface area (Å²) in [5.41, 5.74) is 0.855. The van der Waals surface area contributed by atoms with E-state index >= 15 is 0 Å². The molecule has 0 bridgehead atoms. The molecule has 18 heavy (non-hydrogen) atoms. The molecule has 1 aromatic carbocycles. The van der Waals surface area contributed by atoms with Gasteiger partial charge in [0.15, 0.2) is 11.6 Å². The third kappa shape index (κ3) is 2.54. The highest BCUT2D eigenvalue weighted by Gasteiger charge is 2.24. The van der Waals surface area contributed by atoms with E-state index in [0.29, 0.717) is 11.1 Å². The summed E-state index contributed by atoms with van der Waals surface area (Å²) in [4.78, 5) is 2.23. The molecule has 1 atom stereocenters. The summed E-state index contributed by atoms with van der Waals surface area (Å²) in [5, 5.41) is 3.27. The van der Waals surface area contributed by atoms with Crippen molar-refractivity contribution in [2.75, 3.05) is 26.2 Å². The lowest BCUT2D eigenvalue weighted by Crippen LogP contribution is -2.45. The molecule has 0 aliphatic carbocycles. The minimum Gasteiger partial charge on any atom is -0.314 e. The smallest absolute Gasteiger partial charge is 0.163 e. The van der Waals surface area contributed by atoms with Gasteiger partial charge in [0, 0.05) is 37.8 Å². The van der Waals surface area contributed by atoms with Crippen LogP contribution in [0, 0.1) is 18.6 Å². The van der Waals surface area contributed by atoms with E-state index in [2.05, 4.69) is 10.2 Å². The van der Waals surface area contributed by atoms with Gasteiger partial charge in [0.25, 0.3) is 0 Å². The summed E-state index contributed by atoms with van der Waals surface area (Å²) < 4.78 is 27.7. The Labute approximate surface area is 107 Å². The summed E-state index contributed by atoms with van der Waals surface area (Å²) in [6.07, 6.45) is 0.791. The van der Waals surface area contributed by atoms with Crippen LogP contribution in [0.15, 0.2) is 12.1 Å². The van der Waals surface area contributed by atoms with Crippen LogP contribution in [0.4, 0.5) is 8.78 Å². The zero-order valence-corrected chi connectivity index (χ0v) is 11.0. The monoisotopic (exact) mass is 254 g/mol. The third-order valence-electron chi connectivity index (χ3n) is 3.64. The molecule has 1 heterocycles. The summed E-state index contributed by atoms with van der Waals surface area (Å²) >= 11 is 0. The molecule has 0 unspecified atom stereocenters. The summed E-state index contributed by atoms with van der Waals surface area (Å²) in [6, 6.07) is 3.37. The van der Waals surface area contributed by atoms with Gasteiger partial charge in [-0.2, -0.15) is 0 Å². The minimum atomic E-state index is -0.707. The Hall–Kier alpha value is -1.00. The second-order valence-corrected chi connectivity index (χ2v) is 4.81. The molecule has 2 nitrogen and oxygen atoms in total. The van der Waals surface area contributed by atoms with Gasteiger partial charge in [-0.25, -0.2) is 8.78 Å². The van der Waals surface area contributed by atoms with Crippen LogP contribution in [0.2, 0.25) is 0 Å². The fourth-order valence-corrected chi connectivity index (χ4v) is 2.59. The second kappa shape index (κ2) is 5.76. The molecule has 1 aliphatic heterocycles. The van der Waals surface area contributed by atoms with Crippen molar-refractivity contribution in [1.29, 1.82) is 0 Å². The Balaban J connectivity index is 2.29. The zero-order chi connectivity index (χ0) is 13.1. The van der Waals surface area contributed by atoms with Gasteiger partial charge in [-0.15, -0.1) is 0 Å². The fraction of sp³-hybridized carbons (Fsp3) is 0.571. The Kier molecular flexibility index (Phi) is 4.30. The summed E-state index contributed by atoms with van der Waals surface area (Å²) in [6.45, 7) is 7.19. The molecule has 4 heteroatoms. The van der Waals surface area contributed by atoms with Crippen LogP contribution in [-0.4, -0.2) is 31.1 Å². The largest absolute Gasteiger partial charge is 0.314 e. The van der Waals surface area contributed by atoms with Crippen molar-refractivity contribution in [2.24, 2.45) is 0 Å². The second-order valence-electron chi connectivity index (χ2n) is 4.81. The van der Waals surface area contributed by atoms with E-state index in [1.165, 1.54) is 0 Å². The van der Waals surface area contributed by atoms with Crippen LogP contribution in [0.25, 0.3) is 0 Å². The molecule has 100 valence electrons. The summed E-state index contributed by atoms with van der Waals surface area (Å²) in [7, 11) is 0. The number of nitrogens with zero attached hydrogens (tertiary/aromatic N) is 1. The number of hydrogen-bond donors (Lipinski definition) is 1. The van der Waals surface area contributed by atoms with Crippen LogP contribution in [0.5, 0.6) is 0 Å². The van der Waals surface area contributed by atoms with Crippen molar-refractivity contribution in [3.63, 3.8) is 0 Å². The average molecular weight is 254 g/mol. The van der Waals surface area contributed by atoms with Crippen LogP contribution in [0.1, 0.15) is 30.5 Å². The highest BCUT2D eigenvalue weighted by atomic mass is 19.2. The number of rotatable bonds is 3. The van der Waals surface area contributed by atoms with E-state index in [-0.39, 0.29) is 6.04 Å². The Morgan fingerprint density at radius 1 is 1.22 bits per heavy atom. The Bertz CT molecular complexity index is 415. The number of benzene rings is 1. The predicted molar refractivity (Wildman–Crippen MR) is 68.6 cm³/mol. The molecule has 0 spiro atoms. The van der Waals surface area contributed by atoms with Gasteiger partial charge in [0.1, 0.15) is 0 Å². The van der Waals surface area contributed by atoms with E-state index in [1.54, 1.807) is 19.1 Å². The topological polar surface area (TPSA) is 15.3 Å². The molecule has 1 saturated heterocycles. The number of nitrogens with one attached hydrogen (secondary N) is 1. The van der Waals surface area contributed by atoms with Crippen molar-refractivity contribution in [1.82, 2.24) is 10.2 Å². The number of aryl methyl sites for hydroxylation is 1. The maximum Gasteiger partial charge on any atom is 0.163 e. The predicted octanol–water partition coefficient (Wildman–Crippen LogP) is 2.63. The normalized spacial score (nSPS) is 18.9. The Morgan fingerprint density at radius 3 is 2.50 bits per heavy atom. The van der Waals surface area contributed by atoms with Gasteiger partial charge < -0.3 is 5.32 Å². The first-order valence-electron chi connectivity index (χ1n) is 6.54. The molecule has 1 aromatic rings. The van der Waals surface area contributed by atoms with Crippen molar-refractivity contribution in [2.45, 2.75) is 26.3 Å². The molecule has 1 fully saturated rings. The lowest BCUT2D eigenvalue weighted by Gasteiger charge is -2.35. The standard InChI is InChI=1S/C14H20F2N2/c1-3-12(18-8-6-17-7-9-18)11-5-4-10(2)13(15)14(11)16/h4-5,12,17H,3,6-9H2,1-2H3/t12-/m1/s1. The summed E-state index contributed by atoms with van der Waals surface area (Å²) in [5.74, 6) is -1.39. The number of piperazine rings is 1. The first-order chi connectivity index (χ1) is 8.65. The Morgan fingerprint density at radius 2 is 1.89 bits per heavy atom. The van der Waals surface area contributed by atoms with Gasteiger partial charge in [-0.1, -0.05) is 19.1 Å². The first kappa shape index (κ1) is 13.4. The molecule has 1 aliphatic rings. The van der Waals surface area contributed by atoms with Gasteiger partial charge in [0.2, 0.25) is 0 Å². The molecule has 2 rings (SSSR count). The molecule has 0 saturated carbocycles. The van der Waals surface area contributed by atoms with E-state index < -0.39 is 11.6 Å².